The molecular formula is C21H27BrN2O4S. The van der Waals surface area contributed by atoms with Crippen LogP contribution in [0, 0.1) is 13.8 Å². The largest absolute Gasteiger partial charge is 0.385 e. The lowest BCUT2D eigenvalue weighted by molar-refractivity contribution is -0.120. The predicted molar refractivity (Wildman–Crippen MR) is 119 cm³/mol. The summed E-state index contributed by atoms with van der Waals surface area (Å²) < 4.78 is 33.8. The van der Waals surface area contributed by atoms with Crippen LogP contribution in [0.3, 0.4) is 0 Å². The van der Waals surface area contributed by atoms with E-state index in [1.54, 1.807) is 31.4 Å². The van der Waals surface area contributed by atoms with E-state index in [-0.39, 0.29) is 23.8 Å². The van der Waals surface area contributed by atoms with Crippen molar-refractivity contribution in [3.63, 3.8) is 0 Å². The zero-order valence-corrected chi connectivity index (χ0v) is 19.3. The SMILES string of the molecule is COCCCNC(=O)CCN(c1cc(C)cc(C)c1)S(=O)(=O)c1ccc(Br)cc1. The van der Waals surface area contributed by atoms with Crippen molar-refractivity contribution in [2.75, 3.05) is 31.1 Å². The smallest absolute Gasteiger partial charge is 0.264 e. The van der Waals surface area contributed by atoms with Crippen molar-refractivity contribution in [1.82, 2.24) is 5.32 Å². The fourth-order valence-electron chi connectivity index (χ4n) is 2.95. The highest BCUT2D eigenvalue weighted by molar-refractivity contribution is 9.10. The van der Waals surface area contributed by atoms with Gasteiger partial charge in [0.25, 0.3) is 10.0 Å². The zero-order chi connectivity index (χ0) is 21.4. The first-order valence-corrected chi connectivity index (χ1v) is 11.6. The Bertz CT molecular complexity index is 910. The lowest BCUT2D eigenvalue weighted by Gasteiger charge is -2.25. The van der Waals surface area contributed by atoms with Crippen molar-refractivity contribution >= 4 is 37.5 Å². The second-order valence-electron chi connectivity index (χ2n) is 6.82. The number of carbonyl (C=O) groups excluding carboxylic acids is 1. The van der Waals surface area contributed by atoms with Crippen molar-refractivity contribution in [3.05, 3.63) is 58.1 Å². The van der Waals surface area contributed by atoms with E-state index < -0.39 is 10.0 Å². The predicted octanol–water partition coefficient (Wildman–Crippen LogP) is 3.80. The first-order chi connectivity index (χ1) is 13.7. The maximum atomic E-state index is 13.3. The molecule has 0 spiro atoms. The van der Waals surface area contributed by atoms with Gasteiger partial charge < -0.3 is 10.1 Å². The molecule has 0 saturated heterocycles. The van der Waals surface area contributed by atoms with Gasteiger partial charge in [-0.1, -0.05) is 22.0 Å². The molecule has 0 aliphatic carbocycles. The standard InChI is InChI=1S/C21H27BrN2O4S/c1-16-13-17(2)15-19(14-16)24(11-9-21(25)23-10-4-12-28-3)29(26,27)20-7-5-18(22)6-8-20/h5-8,13-15H,4,9-12H2,1-3H3,(H,23,25). The van der Waals surface area contributed by atoms with Crippen LogP contribution in [0.5, 0.6) is 0 Å². The Labute approximate surface area is 181 Å². The van der Waals surface area contributed by atoms with Crippen LogP contribution >= 0.6 is 15.9 Å². The molecule has 2 aromatic carbocycles. The number of sulfonamides is 1. The van der Waals surface area contributed by atoms with Crippen molar-refractivity contribution in [3.8, 4) is 0 Å². The van der Waals surface area contributed by atoms with Crippen LogP contribution in [0.15, 0.2) is 51.8 Å². The molecule has 0 unspecified atom stereocenters. The van der Waals surface area contributed by atoms with Crippen molar-refractivity contribution in [1.29, 1.82) is 0 Å². The maximum absolute atomic E-state index is 13.3. The van der Waals surface area contributed by atoms with Gasteiger partial charge in [0.1, 0.15) is 0 Å². The molecule has 6 nitrogen and oxygen atoms in total. The minimum absolute atomic E-state index is 0.0530. The van der Waals surface area contributed by atoms with E-state index in [0.29, 0.717) is 25.3 Å². The van der Waals surface area contributed by atoms with Gasteiger partial charge in [-0.25, -0.2) is 8.42 Å². The maximum Gasteiger partial charge on any atom is 0.264 e. The number of ether oxygens (including phenoxy) is 1. The van der Waals surface area contributed by atoms with Gasteiger partial charge in [-0.2, -0.15) is 0 Å². The Morgan fingerprint density at radius 3 is 2.31 bits per heavy atom. The lowest BCUT2D eigenvalue weighted by atomic mass is 10.1. The summed E-state index contributed by atoms with van der Waals surface area (Å²) in [7, 11) is -2.21. The molecule has 0 fully saturated rings. The summed E-state index contributed by atoms with van der Waals surface area (Å²) in [5.41, 5.74) is 2.47. The van der Waals surface area contributed by atoms with Crippen LogP contribution in [0.25, 0.3) is 0 Å². The number of nitrogens with one attached hydrogen (secondary N) is 1. The van der Waals surface area contributed by atoms with E-state index in [1.165, 1.54) is 4.31 Å². The summed E-state index contributed by atoms with van der Waals surface area (Å²) in [6.45, 7) is 4.95. The number of carbonyl (C=O) groups is 1. The average Bonchev–Trinajstić information content (AvgIpc) is 2.65. The quantitative estimate of drug-likeness (QED) is 0.522. The van der Waals surface area contributed by atoms with E-state index in [0.717, 1.165) is 15.6 Å². The third kappa shape index (κ3) is 6.83. The molecular weight excluding hydrogens is 456 g/mol. The zero-order valence-electron chi connectivity index (χ0n) is 16.9. The molecule has 0 aromatic heterocycles. The Hall–Kier alpha value is -1.90. The van der Waals surface area contributed by atoms with E-state index in [1.807, 2.05) is 32.0 Å². The Balaban J connectivity index is 2.26. The van der Waals surface area contributed by atoms with E-state index in [2.05, 4.69) is 21.2 Å². The molecule has 0 radical (unpaired) electrons. The molecule has 29 heavy (non-hydrogen) atoms. The molecule has 8 heteroatoms. The molecule has 0 saturated carbocycles. The summed E-state index contributed by atoms with van der Waals surface area (Å²) in [5.74, 6) is -0.193. The number of aryl methyl sites for hydroxylation is 2. The highest BCUT2D eigenvalue weighted by Crippen LogP contribution is 2.27. The van der Waals surface area contributed by atoms with Crippen LogP contribution < -0.4 is 9.62 Å². The number of amides is 1. The second-order valence-corrected chi connectivity index (χ2v) is 9.60. The molecule has 0 bridgehead atoms. The van der Waals surface area contributed by atoms with Crippen LogP contribution in [0.1, 0.15) is 24.0 Å². The number of rotatable bonds is 10. The normalized spacial score (nSPS) is 11.3. The summed E-state index contributed by atoms with van der Waals surface area (Å²) in [6, 6.07) is 12.1. The fourth-order valence-corrected chi connectivity index (χ4v) is 4.67. The molecule has 1 amide bonds. The van der Waals surface area contributed by atoms with Gasteiger partial charge in [-0.05, 0) is 67.8 Å². The lowest BCUT2D eigenvalue weighted by Crippen LogP contribution is -2.35. The minimum atomic E-state index is -3.82. The van der Waals surface area contributed by atoms with Crippen LogP contribution in [-0.4, -0.2) is 41.1 Å². The van der Waals surface area contributed by atoms with E-state index >= 15 is 0 Å². The second kappa shape index (κ2) is 10.8. The van der Waals surface area contributed by atoms with Gasteiger partial charge in [-0.15, -0.1) is 0 Å². The fraction of sp³-hybridized carbons (Fsp3) is 0.381. The highest BCUT2D eigenvalue weighted by Gasteiger charge is 2.26. The first kappa shape index (κ1) is 23.4. The van der Waals surface area contributed by atoms with Crippen LogP contribution in [0.4, 0.5) is 5.69 Å². The summed E-state index contributed by atoms with van der Waals surface area (Å²) >= 11 is 3.33. The Kier molecular flexibility index (Phi) is 8.67. The number of methoxy groups -OCH3 is 1. The number of hydrogen-bond donors (Lipinski definition) is 1. The third-order valence-corrected chi connectivity index (χ3v) is 6.66. The van der Waals surface area contributed by atoms with Gasteiger partial charge in [0, 0.05) is 37.7 Å². The number of benzene rings is 2. The molecule has 158 valence electrons. The summed E-state index contributed by atoms with van der Waals surface area (Å²) in [4.78, 5) is 12.4. The average molecular weight is 483 g/mol. The van der Waals surface area contributed by atoms with E-state index in [9.17, 15) is 13.2 Å². The van der Waals surface area contributed by atoms with Gasteiger partial charge >= 0.3 is 0 Å². The van der Waals surface area contributed by atoms with Gasteiger partial charge in [0.2, 0.25) is 5.91 Å². The molecule has 0 atom stereocenters. The monoisotopic (exact) mass is 482 g/mol. The van der Waals surface area contributed by atoms with Crippen molar-refractivity contribution < 1.29 is 17.9 Å². The van der Waals surface area contributed by atoms with Crippen molar-refractivity contribution in [2.24, 2.45) is 0 Å². The third-order valence-electron chi connectivity index (χ3n) is 4.29. The number of anilines is 1. The van der Waals surface area contributed by atoms with E-state index in [4.69, 9.17) is 4.74 Å². The van der Waals surface area contributed by atoms with Gasteiger partial charge in [0.05, 0.1) is 10.6 Å². The van der Waals surface area contributed by atoms with Gasteiger partial charge in [-0.3, -0.25) is 9.10 Å². The molecule has 0 aliphatic heterocycles. The minimum Gasteiger partial charge on any atom is -0.385 e. The number of halogens is 1. The molecule has 2 aromatic rings. The first-order valence-electron chi connectivity index (χ1n) is 9.36. The number of hydrogen-bond acceptors (Lipinski definition) is 4. The summed E-state index contributed by atoms with van der Waals surface area (Å²) in [5, 5.41) is 2.80. The van der Waals surface area contributed by atoms with Crippen molar-refractivity contribution in [2.45, 2.75) is 31.6 Å². The highest BCUT2D eigenvalue weighted by atomic mass is 79.9. The Morgan fingerprint density at radius 1 is 1.10 bits per heavy atom. The van der Waals surface area contributed by atoms with Crippen LogP contribution in [-0.2, 0) is 19.6 Å². The summed E-state index contributed by atoms with van der Waals surface area (Å²) in [6.07, 6.45) is 0.774. The molecule has 2 rings (SSSR count). The topological polar surface area (TPSA) is 75.7 Å². The molecule has 0 heterocycles. The van der Waals surface area contributed by atoms with Gasteiger partial charge in [0.15, 0.2) is 0 Å². The Morgan fingerprint density at radius 2 is 1.72 bits per heavy atom. The number of nitrogens with zero attached hydrogens (tertiary/aromatic N) is 1. The van der Waals surface area contributed by atoms with Crippen LogP contribution in [0.2, 0.25) is 0 Å². The molecule has 1 N–H and O–H groups in total. The molecule has 0 aliphatic rings.